The fourth-order valence-electron chi connectivity index (χ4n) is 1.71. The summed E-state index contributed by atoms with van der Waals surface area (Å²) in [6.45, 7) is 0.574. The van der Waals surface area contributed by atoms with E-state index in [-0.39, 0.29) is 24.6 Å². The lowest BCUT2D eigenvalue weighted by Crippen LogP contribution is -2.40. The van der Waals surface area contributed by atoms with Gasteiger partial charge in [-0.1, -0.05) is 0 Å². The van der Waals surface area contributed by atoms with Crippen LogP contribution in [0.15, 0.2) is 18.3 Å². The molecule has 1 fully saturated rings. The Morgan fingerprint density at radius 3 is 2.22 bits per heavy atom. The number of alkyl halides is 3. The lowest BCUT2D eigenvalue weighted by molar-refractivity contribution is -0.141. The summed E-state index contributed by atoms with van der Waals surface area (Å²) in [5, 5.41) is 0. The highest BCUT2D eigenvalue weighted by atomic mass is 32.2. The largest absolute Gasteiger partial charge is 0.433 e. The van der Waals surface area contributed by atoms with Gasteiger partial charge in [-0.2, -0.15) is 13.2 Å². The third-order valence-electron chi connectivity index (χ3n) is 2.75. The third kappa shape index (κ3) is 2.92. The van der Waals surface area contributed by atoms with Crippen LogP contribution in [0.5, 0.6) is 0 Å². The highest BCUT2D eigenvalue weighted by Crippen LogP contribution is 2.28. The Balaban J connectivity index is 2.12. The summed E-state index contributed by atoms with van der Waals surface area (Å²) in [6, 6.07) is 2.21. The van der Waals surface area contributed by atoms with Gasteiger partial charge in [-0.15, -0.1) is 0 Å². The lowest BCUT2D eigenvalue weighted by atomic mass is 10.3. The summed E-state index contributed by atoms with van der Waals surface area (Å²) < 4.78 is 59.4. The van der Waals surface area contributed by atoms with E-state index in [9.17, 15) is 21.6 Å². The SMILES string of the molecule is O=S1(=O)CCN(c2ccc(C(F)(F)F)nc2)CC1. The second kappa shape index (κ2) is 4.42. The van der Waals surface area contributed by atoms with Gasteiger partial charge in [-0.05, 0) is 12.1 Å². The van der Waals surface area contributed by atoms with Gasteiger partial charge in [0.05, 0.1) is 23.4 Å². The zero-order valence-electron chi connectivity index (χ0n) is 9.31. The van der Waals surface area contributed by atoms with E-state index in [1.165, 1.54) is 6.07 Å². The maximum absolute atomic E-state index is 12.3. The van der Waals surface area contributed by atoms with Crippen molar-refractivity contribution in [2.45, 2.75) is 6.18 Å². The van der Waals surface area contributed by atoms with Crippen molar-refractivity contribution in [3.05, 3.63) is 24.0 Å². The first-order chi connectivity index (χ1) is 8.28. The van der Waals surface area contributed by atoms with Crippen LogP contribution in [0.25, 0.3) is 0 Å². The Morgan fingerprint density at radius 1 is 1.17 bits per heavy atom. The van der Waals surface area contributed by atoms with Crippen LogP contribution >= 0.6 is 0 Å². The highest BCUT2D eigenvalue weighted by molar-refractivity contribution is 7.91. The van der Waals surface area contributed by atoms with Crippen molar-refractivity contribution in [3.63, 3.8) is 0 Å². The normalized spacial score (nSPS) is 19.8. The van der Waals surface area contributed by atoms with Crippen LogP contribution in [-0.4, -0.2) is 38.0 Å². The smallest absolute Gasteiger partial charge is 0.368 e. The van der Waals surface area contributed by atoms with Crippen molar-refractivity contribution < 1.29 is 21.6 Å². The number of nitrogens with zero attached hydrogens (tertiary/aromatic N) is 2. The highest BCUT2D eigenvalue weighted by Gasteiger charge is 2.32. The summed E-state index contributed by atoms with van der Waals surface area (Å²) in [4.78, 5) is 5.06. The van der Waals surface area contributed by atoms with Gasteiger partial charge in [0, 0.05) is 13.1 Å². The number of aromatic nitrogens is 1. The van der Waals surface area contributed by atoms with E-state index < -0.39 is 21.7 Å². The van der Waals surface area contributed by atoms with Gasteiger partial charge >= 0.3 is 6.18 Å². The quantitative estimate of drug-likeness (QED) is 0.779. The van der Waals surface area contributed by atoms with E-state index in [4.69, 9.17) is 0 Å². The molecule has 8 heteroatoms. The van der Waals surface area contributed by atoms with Crippen molar-refractivity contribution >= 4 is 15.5 Å². The Hall–Kier alpha value is -1.31. The summed E-state index contributed by atoms with van der Waals surface area (Å²) in [7, 11) is -3.00. The maximum atomic E-state index is 12.3. The Morgan fingerprint density at radius 2 is 1.78 bits per heavy atom. The predicted molar refractivity (Wildman–Crippen MR) is 60.1 cm³/mol. The van der Waals surface area contributed by atoms with Crippen LogP contribution in [0.1, 0.15) is 5.69 Å². The van der Waals surface area contributed by atoms with E-state index in [2.05, 4.69) is 4.98 Å². The second-order valence-electron chi connectivity index (χ2n) is 4.04. The lowest BCUT2D eigenvalue weighted by Gasteiger charge is -2.28. The molecule has 2 heterocycles. The van der Waals surface area contributed by atoms with Crippen LogP contribution < -0.4 is 4.90 Å². The number of halogens is 3. The van der Waals surface area contributed by atoms with Crippen molar-refractivity contribution in [3.8, 4) is 0 Å². The first-order valence-corrected chi connectivity index (χ1v) is 7.09. The molecule has 4 nitrogen and oxygen atoms in total. The van der Waals surface area contributed by atoms with Crippen molar-refractivity contribution in [2.24, 2.45) is 0 Å². The molecule has 0 N–H and O–H groups in total. The molecule has 0 radical (unpaired) electrons. The third-order valence-corrected chi connectivity index (χ3v) is 4.36. The summed E-state index contributed by atoms with van der Waals surface area (Å²) in [5.74, 6) is 0.0437. The minimum atomic E-state index is -4.45. The van der Waals surface area contributed by atoms with Crippen LogP contribution in [0.3, 0.4) is 0 Å². The number of hydrogen-bond donors (Lipinski definition) is 0. The molecule has 0 unspecified atom stereocenters. The van der Waals surface area contributed by atoms with E-state index in [0.717, 1.165) is 12.3 Å². The van der Waals surface area contributed by atoms with Crippen LogP contribution in [0.4, 0.5) is 18.9 Å². The molecule has 0 spiro atoms. The number of rotatable bonds is 1. The molecule has 0 amide bonds. The fourth-order valence-corrected chi connectivity index (χ4v) is 2.91. The van der Waals surface area contributed by atoms with Gasteiger partial charge in [0.15, 0.2) is 9.84 Å². The minimum absolute atomic E-state index is 0.0218. The van der Waals surface area contributed by atoms with Gasteiger partial charge in [0.25, 0.3) is 0 Å². The fraction of sp³-hybridized carbons (Fsp3) is 0.500. The van der Waals surface area contributed by atoms with E-state index in [1.54, 1.807) is 4.90 Å². The van der Waals surface area contributed by atoms with Gasteiger partial charge in [-0.3, -0.25) is 0 Å². The monoisotopic (exact) mass is 280 g/mol. The molecule has 2 rings (SSSR count). The van der Waals surface area contributed by atoms with Gasteiger partial charge < -0.3 is 4.90 Å². The standard InChI is InChI=1S/C10H11F3N2O2S/c11-10(12,13)9-2-1-8(7-14-9)15-3-5-18(16,17)6-4-15/h1-2,7H,3-6H2. The number of pyridine rings is 1. The minimum Gasteiger partial charge on any atom is -0.368 e. The van der Waals surface area contributed by atoms with Crippen LogP contribution in [-0.2, 0) is 16.0 Å². The zero-order valence-corrected chi connectivity index (χ0v) is 10.1. The number of sulfone groups is 1. The average molecular weight is 280 g/mol. The average Bonchev–Trinajstić information content (AvgIpc) is 2.28. The summed E-state index contributed by atoms with van der Waals surface area (Å²) in [6.07, 6.45) is -3.33. The Bertz CT molecular complexity index is 511. The number of anilines is 1. The molecular formula is C10H11F3N2O2S. The number of hydrogen-bond acceptors (Lipinski definition) is 4. The predicted octanol–water partition coefficient (Wildman–Crippen LogP) is 1.34. The van der Waals surface area contributed by atoms with Crippen molar-refractivity contribution in [2.75, 3.05) is 29.5 Å². The molecule has 100 valence electrons. The molecule has 0 aromatic carbocycles. The van der Waals surface area contributed by atoms with Crippen LogP contribution in [0, 0.1) is 0 Å². The summed E-state index contributed by atoms with van der Waals surface area (Å²) in [5.41, 5.74) is -0.436. The zero-order chi connectivity index (χ0) is 13.4. The van der Waals surface area contributed by atoms with E-state index >= 15 is 0 Å². The van der Waals surface area contributed by atoms with E-state index in [1.807, 2.05) is 0 Å². The van der Waals surface area contributed by atoms with E-state index in [0.29, 0.717) is 5.69 Å². The molecule has 0 bridgehead atoms. The van der Waals surface area contributed by atoms with Gasteiger partial charge in [0.2, 0.25) is 0 Å². The summed E-state index contributed by atoms with van der Waals surface area (Å²) >= 11 is 0. The maximum Gasteiger partial charge on any atom is 0.433 e. The van der Waals surface area contributed by atoms with Crippen molar-refractivity contribution in [1.82, 2.24) is 4.98 Å². The molecule has 0 aliphatic carbocycles. The molecule has 18 heavy (non-hydrogen) atoms. The molecule has 1 aliphatic heterocycles. The molecule has 1 saturated heterocycles. The molecule has 0 atom stereocenters. The van der Waals surface area contributed by atoms with Crippen LogP contribution in [0.2, 0.25) is 0 Å². The first kappa shape index (κ1) is 13.1. The molecule has 1 aromatic heterocycles. The molecule has 0 saturated carbocycles. The molecule has 1 aromatic rings. The Kier molecular flexibility index (Phi) is 3.22. The molecular weight excluding hydrogens is 269 g/mol. The van der Waals surface area contributed by atoms with Gasteiger partial charge in [-0.25, -0.2) is 13.4 Å². The first-order valence-electron chi connectivity index (χ1n) is 5.26. The Labute approximate surface area is 102 Å². The second-order valence-corrected chi connectivity index (χ2v) is 6.34. The topological polar surface area (TPSA) is 50.3 Å². The van der Waals surface area contributed by atoms with Gasteiger partial charge in [0.1, 0.15) is 5.69 Å². The van der Waals surface area contributed by atoms with Crippen molar-refractivity contribution in [1.29, 1.82) is 0 Å². The molecule has 1 aliphatic rings.